The van der Waals surface area contributed by atoms with Crippen LogP contribution >= 0.6 is 0 Å². The third kappa shape index (κ3) is 5.13. The van der Waals surface area contributed by atoms with E-state index in [9.17, 15) is 14.4 Å². The van der Waals surface area contributed by atoms with Crippen molar-refractivity contribution < 1.29 is 19.5 Å². The Morgan fingerprint density at radius 2 is 1.52 bits per heavy atom. The number of benzene rings is 2. The van der Waals surface area contributed by atoms with Crippen molar-refractivity contribution in [1.82, 2.24) is 0 Å². The van der Waals surface area contributed by atoms with Crippen molar-refractivity contribution in [2.45, 2.75) is 0 Å². The summed E-state index contributed by atoms with van der Waals surface area (Å²) in [6, 6.07) is 15.3. The normalized spacial score (nSPS) is 10.3. The second-order valence-corrected chi connectivity index (χ2v) is 4.56. The zero-order valence-corrected chi connectivity index (χ0v) is 12.0. The summed E-state index contributed by atoms with van der Waals surface area (Å²) in [7, 11) is 0. The second-order valence-electron chi connectivity index (χ2n) is 4.56. The predicted molar refractivity (Wildman–Crippen MR) is 86.2 cm³/mol. The Bertz CT molecular complexity index is 754. The highest BCUT2D eigenvalue weighted by Crippen LogP contribution is 2.13. The number of anilines is 2. The van der Waals surface area contributed by atoms with Crippen LogP contribution in [0.5, 0.6) is 0 Å². The van der Waals surface area contributed by atoms with Crippen molar-refractivity contribution in [1.29, 1.82) is 0 Å². The number of hydrogen-bond donors (Lipinski definition) is 3. The Hall–Kier alpha value is -3.41. The van der Waals surface area contributed by atoms with Gasteiger partial charge in [-0.15, -0.1) is 0 Å². The molecular formula is C17H14N2O4. The summed E-state index contributed by atoms with van der Waals surface area (Å²) >= 11 is 0. The minimum Gasteiger partial charge on any atom is -0.478 e. The van der Waals surface area contributed by atoms with Crippen LogP contribution in [0.2, 0.25) is 0 Å². The molecule has 2 aromatic rings. The standard InChI is InChI=1S/C17H14N2O4/c20-15(9-10-16(21)22)18-14-8-4-5-12(11-14)17(23)19-13-6-2-1-3-7-13/h1-11H,(H,18,20)(H,19,23)(H,21,22)/b10-9+. The van der Waals surface area contributed by atoms with Crippen molar-refractivity contribution in [3.05, 3.63) is 72.3 Å². The summed E-state index contributed by atoms with van der Waals surface area (Å²) in [5, 5.41) is 13.7. The Morgan fingerprint density at radius 1 is 0.826 bits per heavy atom. The van der Waals surface area contributed by atoms with Gasteiger partial charge in [0.2, 0.25) is 5.91 Å². The number of para-hydroxylation sites is 1. The molecule has 0 aliphatic heterocycles. The average Bonchev–Trinajstić information content (AvgIpc) is 2.54. The monoisotopic (exact) mass is 310 g/mol. The summed E-state index contributed by atoms with van der Waals surface area (Å²) in [5.74, 6) is -2.11. The van der Waals surface area contributed by atoms with E-state index in [1.54, 1.807) is 42.5 Å². The van der Waals surface area contributed by atoms with E-state index in [0.29, 0.717) is 16.9 Å². The lowest BCUT2D eigenvalue weighted by molar-refractivity contribution is -0.131. The molecule has 6 heteroatoms. The number of rotatable bonds is 5. The van der Waals surface area contributed by atoms with Crippen molar-refractivity contribution in [2.24, 2.45) is 0 Å². The predicted octanol–water partition coefficient (Wildman–Crippen LogP) is 2.52. The Morgan fingerprint density at radius 3 is 2.22 bits per heavy atom. The fourth-order valence-corrected chi connectivity index (χ4v) is 1.79. The van der Waals surface area contributed by atoms with Gasteiger partial charge in [-0.25, -0.2) is 4.79 Å². The molecule has 0 aliphatic carbocycles. The molecule has 2 amide bonds. The van der Waals surface area contributed by atoms with Gasteiger partial charge in [-0.3, -0.25) is 9.59 Å². The molecule has 0 radical (unpaired) electrons. The molecule has 0 bridgehead atoms. The summed E-state index contributed by atoms with van der Waals surface area (Å²) in [6.07, 6.45) is 1.64. The molecule has 0 saturated heterocycles. The minimum atomic E-state index is -1.21. The van der Waals surface area contributed by atoms with Crippen LogP contribution in [0.1, 0.15) is 10.4 Å². The largest absolute Gasteiger partial charge is 0.478 e. The van der Waals surface area contributed by atoms with E-state index in [4.69, 9.17) is 5.11 Å². The molecule has 2 rings (SSSR count). The van der Waals surface area contributed by atoms with Crippen LogP contribution < -0.4 is 10.6 Å². The number of carboxylic acid groups (broad SMARTS) is 1. The topological polar surface area (TPSA) is 95.5 Å². The van der Waals surface area contributed by atoms with E-state index in [1.165, 1.54) is 6.07 Å². The maximum absolute atomic E-state index is 12.2. The molecule has 0 aliphatic rings. The van der Waals surface area contributed by atoms with Gasteiger partial charge in [0.1, 0.15) is 0 Å². The van der Waals surface area contributed by atoms with Crippen molar-refractivity contribution in [3.8, 4) is 0 Å². The summed E-state index contributed by atoms with van der Waals surface area (Å²) in [6.45, 7) is 0. The summed E-state index contributed by atoms with van der Waals surface area (Å²) in [4.78, 5) is 34.0. The minimum absolute atomic E-state index is 0.312. The van der Waals surface area contributed by atoms with Gasteiger partial charge in [-0.2, -0.15) is 0 Å². The third-order valence-electron chi connectivity index (χ3n) is 2.80. The van der Waals surface area contributed by atoms with Crippen LogP contribution in [0, 0.1) is 0 Å². The number of nitrogens with one attached hydrogen (secondary N) is 2. The van der Waals surface area contributed by atoms with Gasteiger partial charge in [-0.05, 0) is 30.3 Å². The molecule has 0 atom stereocenters. The molecule has 0 unspecified atom stereocenters. The third-order valence-corrected chi connectivity index (χ3v) is 2.80. The van der Waals surface area contributed by atoms with Crippen LogP contribution in [0.4, 0.5) is 11.4 Å². The quantitative estimate of drug-likeness (QED) is 0.739. The van der Waals surface area contributed by atoms with E-state index < -0.39 is 11.9 Å². The van der Waals surface area contributed by atoms with Gasteiger partial charge >= 0.3 is 5.97 Å². The number of carbonyl (C=O) groups excluding carboxylic acids is 2. The van der Waals surface area contributed by atoms with Gasteiger partial charge < -0.3 is 15.7 Å². The molecule has 6 nitrogen and oxygen atoms in total. The first-order chi connectivity index (χ1) is 11.0. The lowest BCUT2D eigenvalue weighted by Crippen LogP contribution is -2.13. The van der Waals surface area contributed by atoms with E-state index in [1.807, 2.05) is 6.07 Å². The fourth-order valence-electron chi connectivity index (χ4n) is 1.79. The van der Waals surface area contributed by atoms with E-state index in [0.717, 1.165) is 12.2 Å². The van der Waals surface area contributed by atoms with Crippen LogP contribution in [0.15, 0.2) is 66.7 Å². The SMILES string of the molecule is O=C(O)/C=C/C(=O)Nc1cccc(C(=O)Nc2ccccc2)c1. The first-order valence-corrected chi connectivity index (χ1v) is 6.73. The highest BCUT2D eigenvalue weighted by atomic mass is 16.4. The molecule has 116 valence electrons. The molecule has 0 spiro atoms. The Kier molecular flexibility index (Phi) is 5.25. The molecule has 0 aromatic heterocycles. The van der Waals surface area contributed by atoms with Crippen molar-refractivity contribution >= 4 is 29.2 Å². The lowest BCUT2D eigenvalue weighted by atomic mass is 10.2. The molecule has 0 fully saturated rings. The van der Waals surface area contributed by atoms with Gasteiger partial charge in [0.15, 0.2) is 0 Å². The number of aliphatic carboxylic acids is 1. The number of carboxylic acids is 1. The van der Waals surface area contributed by atoms with Crippen LogP contribution in [0.25, 0.3) is 0 Å². The number of carbonyl (C=O) groups is 3. The second kappa shape index (κ2) is 7.56. The number of amides is 2. The molecule has 0 saturated carbocycles. The van der Waals surface area contributed by atoms with Gasteiger partial charge in [0.05, 0.1) is 0 Å². The Balaban J connectivity index is 2.06. The van der Waals surface area contributed by atoms with Crippen molar-refractivity contribution in [2.75, 3.05) is 10.6 Å². The van der Waals surface area contributed by atoms with Gasteiger partial charge in [0.25, 0.3) is 5.91 Å². The maximum Gasteiger partial charge on any atom is 0.328 e. The zero-order chi connectivity index (χ0) is 16.7. The maximum atomic E-state index is 12.2. The first-order valence-electron chi connectivity index (χ1n) is 6.73. The van der Waals surface area contributed by atoms with Crippen LogP contribution in [-0.4, -0.2) is 22.9 Å². The average molecular weight is 310 g/mol. The summed E-state index contributed by atoms with van der Waals surface area (Å²) in [5.41, 5.74) is 1.43. The van der Waals surface area contributed by atoms with E-state index in [-0.39, 0.29) is 5.91 Å². The highest BCUT2D eigenvalue weighted by Gasteiger charge is 2.07. The van der Waals surface area contributed by atoms with Crippen LogP contribution in [-0.2, 0) is 9.59 Å². The molecule has 0 heterocycles. The smallest absolute Gasteiger partial charge is 0.328 e. The fraction of sp³-hybridized carbons (Fsp3) is 0. The van der Waals surface area contributed by atoms with E-state index in [2.05, 4.69) is 10.6 Å². The van der Waals surface area contributed by atoms with Crippen LogP contribution in [0.3, 0.4) is 0 Å². The van der Waals surface area contributed by atoms with E-state index >= 15 is 0 Å². The van der Waals surface area contributed by atoms with Gasteiger partial charge in [-0.1, -0.05) is 24.3 Å². The Labute approximate surface area is 132 Å². The zero-order valence-electron chi connectivity index (χ0n) is 12.0. The molecular weight excluding hydrogens is 296 g/mol. The molecule has 3 N–H and O–H groups in total. The lowest BCUT2D eigenvalue weighted by Gasteiger charge is -2.07. The summed E-state index contributed by atoms with van der Waals surface area (Å²) < 4.78 is 0. The highest BCUT2D eigenvalue weighted by molar-refractivity contribution is 6.06. The number of hydrogen-bond acceptors (Lipinski definition) is 3. The molecule has 2 aromatic carbocycles. The first kappa shape index (κ1) is 16.0. The van der Waals surface area contributed by atoms with Gasteiger partial charge in [0, 0.05) is 29.1 Å². The molecule has 23 heavy (non-hydrogen) atoms. The van der Waals surface area contributed by atoms with Crippen molar-refractivity contribution in [3.63, 3.8) is 0 Å².